The summed E-state index contributed by atoms with van der Waals surface area (Å²) in [5.74, 6) is 2.48. The minimum Gasteiger partial charge on any atom is -0.481 e. The molecule has 0 heterocycles. The van der Waals surface area contributed by atoms with E-state index in [4.69, 9.17) is 11.2 Å². The van der Waals surface area contributed by atoms with Crippen molar-refractivity contribution in [2.45, 2.75) is 13.0 Å². The maximum Gasteiger partial charge on any atom is 0.261 e. The first-order valence-corrected chi connectivity index (χ1v) is 5.10. The fourth-order valence-electron chi connectivity index (χ4n) is 1.20. The molecular weight excluding hydrogens is 218 g/mol. The number of hydrogen-bond donors (Lipinski definition) is 1. The molecule has 1 atom stereocenters. The zero-order valence-corrected chi connectivity index (χ0v) is 9.47. The van der Waals surface area contributed by atoms with Crippen molar-refractivity contribution in [3.63, 3.8) is 0 Å². The Labute approximate surface area is 100.0 Å². The summed E-state index contributed by atoms with van der Waals surface area (Å²) >= 11 is 0. The van der Waals surface area contributed by atoms with E-state index >= 15 is 0 Å². The van der Waals surface area contributed by atoms with Gasteiger partial charge in [0.15, 0.2) is 6.10 Å². The van der Waals surface area contributed by atoms with Gasteiger partial charge in [-0.05, 0) is 19.1 Å². The number of aldehydes is 1. The minimum atomic E-state index is -0.662. The molecule has 1 aromatic rings. The molecule has 0 aliphatic heterocycles. The fourth-order valence-corrected chi connectivity index (χ4v) is 1.20. The van der Waals surface area contributed by atoms with Gasteiger partial charge in [0, 0.05) is 5.56 Å². The number of carbonyl (C=O) groups excluding carboxylic acids is 2. The van der Waals surface area contributed by atoms with Gasteiger partial charge >= 0.3 is 0 Å². The van der Waals surface area contributed by atoms with Crippen LogP contribution >= 0.6 is 0 Å². The van der Waals surface area contributed by atoms with Crippen LogP contribution in [0.2, 0.25) is 0 Å². The molecule has 0 aromatic heterocycles. The Hall–Kier alpha value is -2.28. The second kappa shape index (κ2) is 6.33. The van der Waals surface area contributed by atoms with Gasteiger partial charge in [-0.15, -0.1) is 6.42 Å². The van der Waals surface area contributed by atoms with E-state index in [9.17, 15) is 9.59 Å². The first-order valence-electron chi connectivity index (χ1n) is 5.10. The lowest BCUT2D eigenvalue weighted by Crippen LogP contribution is -2.36. The predicted molar refractivity (Wildman–Crippen MR) is 63.8 cm³/mol. The van der Waals surface area contributed by atoms with Gasteiger partial charge in [0.05, 0.1) is 6.54 Å². The van der Waals surface area contributed by atoms with Crippen LogP contribution in [0.1, 0.15) is 17.3 Å². The summed E-state index contributed by atoms with van der Waals surface area (Å²) in [4.78, 5) is 22.0. The number of hydrogen-bond acceptors (Lipinski definition) is 3. The monoisotopic (exact) mass is 231 g/mol. The minimum absolute atomic E-state index is 0.168. The highest BCUT2D eigenvalue weighted by atomic mass is 16.5. The zero-order valence-electron chi connectivity index (χ0n) is 9.47. The summed E-state index contributed by atoms with van der Waals surface area (Å²) in [5.41, 5.74) is 0.499. The average molecular weight is 231 g/mol. The average Bonchev–Trinajstić information content (AvgIpc) is 2.36. The topological polar surface area (TPSA) is 55.4 Å². The summed E-state index contributed by atoms with van der Waals surface area (Å²) in [7, 11) is 0. The summed E-state index contributed by atoms with van der Waals surface area (Å²) < 4.78 is 5.38. The Bertz CT molecular complexity index is 448. The molecule has 0 aliphatic rings. The highest BCUT2D eigenvalue weighted by Crippen LogP contribution is 2.13. The van der Waals surface area contributed by atoms with Crippen molar-refractivity contribution in [3.8, 4) is 18.1 Å². The number of rotatable bonds is 5. The number of carbonyl (C=O) groups is 2. The molecular formula is C13H13NO3. The van der Waals surface area contributed by atoms with Gasteiger partial charge in [0.1, 0.15) is 12.0 Å². The van der Waals surface area contributed by atoms with Crippen molar-refractivity contribution in [2.24, 2.45) is 0 Å². The molecule has 4 heteroatoms. The van der Waals surface area contributed by atoms with Crippen LogP contribution in [-0.4, -0.2) is 24.8 Å². The quantitative estimate of drug-likeness (QED) is 0.608. The van der Waals surface area contributed by atoms with Crippen molar-refractivity contribution >= 4 is 12.2 Å². The van der Waals surface area contributed by atoms with Crippen LogP contribution in [0.25, 0.3) is 0 Å². The van der Waals surface area contributed by atoms with Gasteiger partial charge in [-0.25, -0.2) is 0 Å². The Morgan fingerprint density at radius 1 is 1.65 bits per heavy atom. The summed E-state index contributed by atoms with van der Waals surface area (Å²) in [6, 6.07) is 6.59. The fraction of sp³-hybridized carbons (Fsp3) is 0.231. The van der Waals surface area contributed by atoms with Crippen LogP contribution in [0.5, 0.6) is 5.75 Å². The lowest BCUT2D eigenvalue weighted by molar-refractivity contribution is -0.126. The summed E-state index contributed by atoms with van der Waals surface area (Å²) in [6.45, 7) is 1.78. The van der Waals surface area contributed by atoms with Crippen molar-refractivity contribution < 1.29 is 14.3 Å². The molecule has 4 nitrogen and oxygen atoms in total. The second-order valence-electron chi connectivity index (χ2n) is 3.37. The molecule has 88 valence electrons. The van der Waals surface area contributed by atoms with Crippen LogP contribution < -0.4 is 10.1 Å². The molecule has 1 aromatic carbocycles. The summed E-state index contributed by atoms with van der Waals surface area (Å²) in [6.07, 6.45) is 5.08. The van der Waals surface area contributed by atoms with Gasteiger partial charge in [-0.3, -0.25) is 9.59 Å². The number of nitrogens with one attached hydrogen (secondary N) is 1. The molecule has 0 fully saturated rings. The van der Waals surface area contributed by atoms with Crippen LogP contribution in [0.3, 0.4) is 0 Å². The van der Waals surface area contributed by atoms with Crippen molar-refractivity contribution in [2.75, 3.05) is 6.54 Å². The van der Waals surface area contributed by atoms with Gasteiger partial charge in [0.2, 0.25) is 0 Å². The first kappa shape index (κ1) is 12.8. The van der Waals surface area contributed by atoms with Gasteiger partial charge < -0.3 is 10.1 Å². The van der Waals surface area contributed by atoms with Gasteiger partial charge in [-0.1, -0.05) is 18.1 Å². The molecule has 17 heavy (non-hydrogen) atoms. The molecule has 1 unspecified atom stereocenters. The van der Waals surface area contributed by atoms with Gasteiger partial charge in [0.25, 0.3) is 5.91 Å². The lowest BCUT2D eigenvalue weighted by atomic mass is 10.2. The van der Waals surface area contributed by atoms with E-state index < -0.39 is 6.10 Å². The largest absolute Gasteiger partial charge is 0.481 e. The predicted octanol–water partition coefficient (Wildman–Crippen LogP) is 1.02. The van der Waals surface area contributed by atoms with E-state index in [1.807, 2.05) is 0 Å². The standard InChI is InChI=1S/C13H13NO3/c1-3-7-14-13(16)10(2)17-12-6-4-5-11(8-12)9-15/h1,4-6,8-10H,7H2,2H3,(H,14,16). The highest BCUT2D eigenvalue weighted by Gasteiger charge is 2.13. The smallest absolute Gasteiger partial charge is 0.261 e. The first-order chi connectivity index (χ1) is 8.17. The van der Waals surface area contributed by atoms with Gasteiger partial charge in [-0.2, -0.15) is 0 Å². The molecule has 0 spiro atoms. The van der Waals surface area contributed by atoms with Crippen molar-refractivity contribution in [3.05, 3.63) is 29.8 Å². The van der Waals surface area contributed by atoms with Crippen LogP contribution in [0.15, 0.2) is 24.3 Å². The number of ether oxygens (including phenoxy) is 1. The summed E-state index contributed by atoms with van der Waals surface area (Å²) in [5, 5.41) is 2.51. The molecule has 0 saturated heterocycles. The van der Waals surface area contributed by atoms with E-state index in [1.165, 1.54) is 0 Å². The Kier molecular flexibility index (Phi) is 4.77. The molecule has 0 aliphatic carbocycles. The van der Waals surface area contributed by atoms with E-state index in [2.05, 4.69) is 11.2 Å². The van der Waals surface area contributed by atoms with E-state index in [-0.39, 0.29) is 12.5 Å². The van der Waals surface area contributed by atoms with Crippen LogP contribution in [-0.2, 0) is 4.79 Å². The normalized spacial score (nSPS) is 11.1. The van der Waals surface area contributed by atoms with E-state index in [0.29, 0.717) is 11.3 Å². The molecule has 0 saturated carbocycles. The molecule has 1 N–H and O–H groups in total. The number of terminal acetylenes is 1. The SMILES string of the molecule is C#CCNC(=O)C(C)Oc1cccc(C=O)c1. The van der Waals surface area contributed by atoms with Crippen molar-refractivity contribution in [1.29, 1.82) is 0 Å². The molecule has 0 radical (unpaired) electrons. The number of benzene rings is 1. The molecule has 1 amide bonds. The second-order valence-corrected chi connectivity index (χ2v) is 3.37. The number of amides is 1. The maximum atomic E-state index is 11.5. The van der Waals surface area contributed by atoms with Crippen LogP contribution in [0.4, 0.5) is 0 Å². The Morgan fingerprint density at radius 2 is 2.41 bits per heavy atom. The zero-order chi connectivity index (χ0) is 12.7. The van der Waals surface area contributed by atoms with Crippen molar-refractivity contribution in [1.82, 2.24) is 5.32 Å². The Morgan fingerprint density at radius 3 is 3.06 bits per heavy atom. The molecule has 0 bridgehead atoms. The van der Waals surface area contributed by atoms with Crippen LogP contribution in [0, 0.1) is 12.3 Å². The third-order valence-electron chi connectivity index (χ3n) is 2.04. The lowest BCUT2D eigenvalue weighted by Gasteiger charge is -2.13. The third kappa shape index (κ3) is 3.99. The highest BCUT2D eigenvalue weighted by molar-refractivity contribution is 5.81. The molecule has 1 rings (SSSR count). The van der Waals surface area contributed by atoms with E-state index in [0.717, 1.165) is 6.29 Å². The Balaban J connectivity index is 2.61. The van der Waals surface area contributed by atoms with E-state index in [1.54, 1.807) is 31.2 Å². The maximum absolute atomic E-state index is 11.5. The third-order valence-corrected chi connectivity index (χ3v) is 2.04.